The highest BCUT2D eigenvalue weighted by atomic mass is 16.5. The number of rotatable bonds is 10. The van der Waals surface area contributed by atoms with E-state index in [0.717, 1.165) is 16.7 Å². The van der Waals surface area contributed by atoms with E-state index in [2.05, 4.69) is 26.1 Å². The minimum absolute atomic E-state index is 0.0353. The molecular weight excluding hydrogens is 460 g/mol. The lowest BCUT2D eigenvalue weighted by atomic mass is 9.87. The van der Waals surface area contributed by atoms with Crippen molar-refractivity contribution in [2.45, 2.75) is 72.0 Å². The standard InChI is InChI=1S/C32H40N2O3/c1-23(2)33-31(36)29(20-25-10-8-7-9-11-25)34(21-26-14-12-24(3)13-15-26)30(35)22-37-28-18-16-27(17-19-28)32(4,5)6/h7-19,23,29H,20-22H2,1-6H3,(H,33,36). The summed E-state index contributed by atoms with van der Waals surface area (Å²) in [5.74, 6) is 0.219. The second kappa shape index (κ2) is 12.6. The summed E-state index contributed by atoms with van der Waals surface area (Å²) < 4.78 is 5.91. The number of carbonyl (C=O) groups excluding carboxylic acids is 2. The Hall–Kier alpha value is -3.60. The zero-order valence-corrected chi connectivity index (χ0v) is 23.0. The maximum absolute atomic E-state index is 13.7. The highest BCUT2D eigenvalue weighted by Crippen LogP contribution is 2.24. The van der Waals surface area contributed by atoms with Gasteiger partial charge in [-0.1, -0.05) is 93.1 Å². The topological polar surface area (TPSA) is 58.6 Å². The molecule has 196 valence electrons. The van der Waals surface area contributed by atoms with Crippen LogP contribution in [-0.2, 0) is 28.0 Å². The lowest BCUT2D eigenvalue weighted by Crippen LogP contribution is -2.52. The third-order valence-corrected chi connectivity index (χ3v) is 6.26. The van der Waals surface area contributed by atoms with Crippen molar-refractivity contribution in [3.8, 4) is 5.75 Å². The lowest BCUT2D eigenvalue weighted by Gasteiger charge is -2.32. The minimum atomic E-state index is -0.675. The number of aryl methyl sites for hydroxylation is 1. The van der Waals surface area contributed by atoms with Crippen molar-refractivity contribution in [1.82, 2.24) is 10.2 Å². The Morgan fingerprint density at radius 1 is 0.865 bits per heavy atom. The molecule has 0 aliphatic heterocycles. The summed E-state index contributed by atoms with van der Waals surface area (Å²) in [6.45, 7) is 12.5. The van der Waals surface area contributed by atoms with Crippen LogP contribution in [0.4, 0.5) is 0 Å². The van der Waals surface area contributed by atoms with Crippen LogP contribution in [0.3, 0.4) is 0 Å². The number of benzene rings is 3. The number of nitrogens with one attached hydrogen (secondary N) is 1. The fourth-order valence-electron chi connectivity index (χ4n) is 4.10. The Morgan fingerprint density at radius 2 is 1.49 bits per heavy atom. The first kappa shape index (κ1) is 28.0. The molecule has 0 aliphatic rings. The Balaban J connectivity index is 1.87. The van der Waals surface area contributed by atoms with E-state index in [1.54, 1.807) is 4.90 Å². The fourth-order valence-corrected chi connectivity index (χ4v) is 4.10. The highest BCUT2D eigenvalue weighted by Gasteiger charge is 2.31. The Kier molecular flexibility index (Phi) is 9.51. The van der Waals surface area contributed by atoms with Crippen molar-refractivity contribution in [3.05, 3.63) is 101 Å². The van der Waals surface area contributed by atoms with Gasteiger partial charge in [-0.3, -0.25) is 9.59 Å². The van der Waals surface area contributed by atoms with Crippen LogP contribution in [0.1, 0.15) is 56.9 Å². The Morgan fingerprint density at radius 3 is 2.05 bits per heavy atom. The van der Waals surface area contributed by atoms with Crippen LogP contribution in [0.2, 0.25) is 0 Å². The number of ether oxygens (including phenoxy) is 1. The van der Waals surface area contributed by atoms with Crippen molar-refractivity contribution in [3.63, 3.8) is 0 Å². The molecule has 37 heavy (non-hydrogen) atoms. The van der Waals surface area contributed by atoms with Gasteiger partial charge in [0.05, 0.1) is 0 Å². The van der Waals surface area contributed by atoms with Crippen LogP contribution in [0.5, 0.6) is 5.75 Å². The van der Waals surface area contributed by atoms with Crippen molar-refractivity contribution >= 4 is 11.8 Å². The normalized spacial score (nSPS) is 12.2. The van der Waals surface area contributed by atoms with E-state index in [1.807, 2.05) is 99.6 Å². The quantitative estimate of drug-likeness (QED) is 0.381. The molecule has 0 aliphatic carbocycles. The molecule has 0 saturated carbocycles. The number of hydrogen-bond donors (Lipinski definition) is 1. The second-order valence-electron chi connectivity index (χ2n) is 10.9. The first-order chi connectivity index (χ1) is 17.5. The van der Waals surface area contributed by atoms with Crippen LogP contribution in [0, 0.1) is 6.92 Å². The molecule has 0 heterocycles. The average molecular weight is 501 g/mol. The third kappa shape index (κ3) is 8.49. The van der Waals surface area contributed by atoms with Crippen LogP contribution in [-0.4, -0.2) is 35.4 Å². The number of amides is 2. The van der Waals surface area contributed by atoms with Gasteiger partial charge in [0.2, 0.25) is 5.91 Å². The van der Waals surface area contributed by atoms with E-state index in [-0.39, 0.29) is 29.9 Å². The van der Waals surface area contributed by atoms with Gasteiger partial charge in [0.1, 0.15) is 11.8 Å². The van der Waals surface area contributed by atoms with Crippen molar-refractivity contribution in [1.29, 1.82) is 0 Å². The molecule has 5 heteroatoms. The molecule has 5 nitrogen and oxygen atoms in total. The Labute approximate surface area is 221 Å². The summed E-state index contributed by atoms with van der Waals surface area (Å²) in [6, 6.07) is 25.0. The molecule has 0 aromatic heterocycles. The summed E-state index contributed by atoms with van der Waals surface area (Å²) >= 11 is 0. The van der Waals surface area contributed by atoms with E-state index in [4.69, 9.17) is 4.74 Å². The predicted molar refractivity (Wildman–Crippen MR) is 150 cm³/mol. The van der Waals surface area contributed by atoms with E-state index in [0.29, 0.717) is 18.7 Å². The molecule has 1 atom stereocenters. The van der Waals surface area contributed by atoms with Gasteiger partial charge in [0.25, 0.3) is 5.91 Å². The molecule has 0 spiro atoms. The minimum Gasteiger partial charge on any atom is -0.484 e. The maximum atomic E-state index is 13.7. The van der Waals surface area contributed by atoms with Gasteiger partial charge in [-0.25, -0.2) is 0 Å². The van der Waals surface area contributed by atoms with Gasteiger partial charge in [0, 0.05) is 19.0 Å². The zero-order valence-electron chi connectivity index (χ0n) is 23.0. The first-order valence-corrected chi connectivity index (χ1v) is 13.0. The SMILES string of the molecule is Cc1ccc(CN(C(=O)COc2ccc(C(C)(C)C)cc2)C(Cc2ccccc2)C(=O)NC(C)C)cc1. The number of carbonyl (C=O) groups is 2. The number of nitrogens with zero attached hydrogens (tertiary/aromatic N) is 1. The van der Waals surface area contributed by atoms with Gasteiger partial charge < -0.3 is 15.0 Å². The van der Waals surface area contributed by atoms with Gasteiger partial charge >= 0.3 is 0 Å². The highest BCUT2D eigenvalue weighted by molar-refractivity contribution is 5.88. The summed E-state index contributed by atoms with van der Waals surface area (Å²) in [6.07, 6.45) is 0.414. The molecule has 3 aromatic rings. The molecule has 3 aromatic carbocycles. The van der Waals surface area contributed by atoms with Crippen molar-refractivity contribution in [2.24, 2.45) is 0 Å². The molecule has 0 radical (unpaired) electrons. The smallest absolute Gasteiger partial charge is 0.261 e. The van der Waals surface area contributed by atoms with E-state index in [9.17, 15) is 9.59 Å². The van der Waals surface area contributed by atoms with Crippen LogP contribution < -0.4 is 10.1 Å². The van der Waals surface area contributed by atoms with Crippen LogP contribution >= 0.6 is 0 Å². The molecule has 2 amide bonds. The zero-order chi connectivity index (χ0) is 27.0. The summed E-state index contributed by atoms with van der Waals surface area (Å²) in [5.41, 5.74) is 4.33. The van der Waals surface area contributed by atoms with Gasteiger partial charge in [0.15, 0.2) is 6.61 Å². The average Bonchev–Trinajstić information content (AvgIpc) is 2.85. The summed E-state index contributed by atoms with van der Waals surface area (Å²) in [5, 5.41) is 3.01. The molecule has 0 saturated heterocycles. The maximum Gasteiger partial charge on any atom is 0.261 e. The van der Waals surface area contributed by atoms with Crippen molar-refractivity contribution < 1.29 is 14.3 Å². The third-order valence-electron chi connectivity index (χ3n) is 6.26. The number of hydrogen-bond acceptors (Lipinski definition) is 3. The molecule has 3 rings (SSSR count). The largest absolute Gasteiger partial charge is 0.484 e. The van der Waals surface area contributed by atoms with E-state index >= 15 is 0 Å². The lowest BCUT2D eigenvalue weighted by molar-refractivity contribution is -0.143. The summed E-state index contributed by atoms with van der Waals surface area (Å²) in [4.78, 5) is 28.7. The monoisotopic (exact) mass is 500 g/mol. The first-order valence-electron chi connectivity index (χ1n) is 13.0. The van der Waals surface area contributed by atoms with Crippen molar-refractivity contribution in [2.75, 3.05) is 6.61 Å². The Bertz CT molecular complexity index is 1150. The molecule has 0 fully saturated rings. The summed E-state index contributed by atoms with van der Waals surface area (Å²) in [7, 11) is 0. The second-order valence-corrected chi connectivity index (χ2v) is 10.9. The predicted octanol–water partition coefficient (Wildman–Crippen LogP) is 5.84. The van der Waals surface area contributed by atoms with E-state index < -0.39 is 6.04 Å². The van der Waals surface area contributed by atoms with Gasteiger partial charge in [-0.2, -0.15) is 0 Å². The molecule has 1 unspecified atom stereocenters. The molecule has 0 bridgehead atoms. The molecular formula is C32H40N2O3. The van der Waals surface area contributed by atoms with Crippen LogP contribution in [0.15, 0.2) is 78.9 Å². The van der Waals surface area contributed by atoms with E-state index in [1.165, 1.54) is 5.56 Å². The van der Waals surface area contributed by atoms with Gasteiger partial charge in [-0.15, -0.1) is 0 Å². The van der Waals surface area contributed by atoms with Crippen LogP contribution in [0.25, 0.3) is 0 Å². The fraction of sp³-hybridized carbons (Fsp3) is 0.375. The van der Waals surface area contributed by atoms with Gasteiger partial charge in [-0.05, 0) is 55.0 Å². The molecule has 1 N–H and O–H groups in total.